The van der Waals surface area contributed by atoms with E-state index in [1.807, 2.05) is 0 Å². The molecule has 0 amide bonds. The van der Waals surface area contributed by atoms with Crippen LogP contribution in [0.2, 0.25) is 0 Å². The van der Waals surface area contributed by atoms with Crippen LogP contribution < -0.4 is 5.32 Å². The van der Waals surface area contributed by atoms with E-state index in [4.69, 9.17) is 0 Å². The molecule has 8 heteroatoms. The first-order chi connectivity index (χ1) is 9.80. The zero-order chi connectivity index (χ0) is 15.6. The zero-order valence-electron chi connectivity index (χ0n) is 13.5. The monoisotopic (exact) mass is 367 g/mol. The molecule has 0 spiro atoms. The summed E-state index contributed by atoms with van der Waals surface area (Å²) in [5, 5.41) is 14.3. The van der Waals surface area contributed by atoms with Gasteiger partial charge in [-0.3, -0.25) is 15.0 Å². The molecule has 1 aromatic carbocycles. The molecule has 1 atom stereocenters. The maximum atomic E-state index is 13.6. The van der Waals surface area contributed by atoms with Crippen LogP contribution in [-0.4, -0.2) is 36.0 Å². The molecule has 1 aliphatic heterocycles. The smallest absolute Gasteiger partial charge is 0.305 e. The number of rotatable bonds is 3. The third-order valence-electron chi connectivity index (χ3n) is 3.82. The fraction of sp³-hybridized carbons (Fsp3) is 0.600. The van der Waals surface area contributed by atoms with Gasteiger partial charge in [0.15, 0.2) is 0 Å². The summed E-state index contributed by atoms with van der Waals surface area (Å²) in [7, 11) is 0. The van der Waals surface area contributed by atoms with Gasteiger partial charge in [0.1, 0.15) is 0 Å². The van der Waals surface area contributed by atoms with Gasteiger partial charge in [0.05, 0.1) is 4.92 Å². The molecule has 2 rings (SSSR count). The van der Waals surface area contributed by atoms with Crippen molar-refractivity contribution in [2.75, 3.05) is 26.2 Å². The second kappa shape index (κ2) is 8.78. The summed E-state index contributed by atoms with van der Waals surface area (Å²) in [6.45, 7) is 9.88. The average molecular weight is 368 g/mol. The number of nitro benzene ring substituents is 1. The first-order valence-corrected chi connectivity index (χ1v) is 7.19. The summed E-state index contributed by atoms with van der Waals surface area (Å²) >= 11 is 0. The van der Waals surface area contributed by atoms with Crippen LogP contribution in [0.3, 0.4) is 0 Å². The minimum atomic E-state index is -0.781. The van der Waals surface area contributed by atoms with Gasteiger partial charge in [0, 0.05) is 38.3 Å². The fourth-order valence-corrected chi connectivity index (χ4v) is 3.04. The number of benzene rings is 1. The maximum absolute atomic E-state index is 13.6. The Morgan fingerprint density at radius 2 is 1.83 bits per heavy atom. The second-order valence-electron chi connectivity index (χ2n) is 6.52. The zero-order valence-corrected chi connectivity index (χ0v) is 15.2. The Hall–Kier alpha value is -0.950. The number of hydrogen-bond acceptors (Lipinski definition) is 4. The highest BCUT2D eigenvalue weighted by Gasteiger charge is 2.33. The topological polar surface area (TPSA) is 58.4 Å². The maximum Gasteiger partial charge on any atom is 0.305 e. The minimum absolute atomic E-state index is 0. The Morgan fingerprint density at radius 3 is 2.30 bits per heavy atom. The number of piperazine rings is 1. The molecule has 0 unspecified atom stereocenters. The Labute approximate surface area is 148 Å². The van der Waals surface area contributed by atoms with E-state index in [-0.39, 0.29) is 36.3 Å². The van der Waals surface area contributed by atoms with Crippen molar-refractivity contribution in [1.29, 1.82) is 0 Å². The lowest BCUT2D eigenvalue weighted by molar-refractivity contribution is -0.387. The van der Waals surface area contributed by atoms with Crippen LogP contribution in [0, 0.1) is 21.3 Å². The highest BCUT2D eigenvalue weighted by atomic mass is 35.5. The van der Waals surface area contributed by atoms with Crippen molar-refractivity contribution < 1.29 is 9.31 Å². The SMILES string of the molecule is CC(C)(C)[C@H](c1ccc(F)c([N+](=O)[O-])c1)N1CCNCC1.Cl.Cl. The first-order valence-electron chi connectivity index (χ1n) is 7.19. The molecule has 1 aromatic rings. The van der Waals surface area contributed by atoms with Crippen molar-refractivity contribution in [3.63, 3.8) is 0 Å². The molecule has 132 valence electrons. The molecule has 5 nitrogen and oxygen atoms in total. The van der Waals surface area contributed by atoms with Gasteiger partial charge < -0.3 is 5.32 Å². The van der Waals surface area contributed by atoms with Crippen LogP contribution >= 0.6 is 24.8 Å². The number of nitro groups is 1. The van der Waals surface area contributed by atoms with Crippen LogP contribution in [0.1, 0.15) is 32.4 Å². The van der Waals surface area contributed by atoms with E-state index >= 15 is 0 Å². The second-order valence-corrected chi connectivity index (χ2v) is 6.52. The van der Waals surface area contributed by atoms with E-state index < -0.39 is 16.4 Å². The molecule has 0 aromatic heterocycles. The van der Waals surface area contributed by atoms with E-state index in [2.05, 4.69) is 31.0 Å². The standard InChI is InChI=1S/C15H22FN3O2.2ClH/c1-15(2,3)14(18-8-6-17-7-9-18)11-4-5-12(16)13(10-11)19(20)21;;/h4-5,10,14,17H,6-9H2,1-3H3;2*1H/t14-;;/m0../s1. The van der Waals surface area contributed by atoms with Crippen LogP contribution in [0.25, 0.3) is 0 Å². The summed E-state index contributed by atoms with van der Waals surface area (Å²) < 4.78 is 13.6. The van der Waals surface area contributed by atoms with Crippen LogP contribution in [0.15, 0.2) is 18.2 Å². The highest BCUT2D eigenvalue weighted by molar-refractivity contribution is 5.85. The van der Waals surface area contributed by atoms with E-state index in [1.165, 1.54) is 12.1 Å². The fourth-order valence-electron chi connectivity index (χ4n) is 3.04. The molecule has 1 N–H and O–H groups in total. The van der Waals surface area contributed by atoms with Gasteiger partial charge in [-0.05, 0) is 17.0 Å². The van der Waals surface area contributed by atoms with Crippen molar-refractivity contribution in [3.05, 3.63) is 39.7 Å². The molecular formula is C15H24Cl2FN3O2. The minimum Gasteiger partial charge on any atom is -0.314 e. The highest BCUT2D eigenvalue weighted by Crippen LogP contribution is 2.39. The van der Waals surface area contributed by atoms with E-state index in [0.717, 1.165) is 31.7 Å². The lowest BCUT2D eigenvalue weighted by Gasteiger charge is -2.42. The summed E-state index contributed by atoms with van der Waals surface area (Å²) in [6, 6.07) is 4.28. The molecule has 0 aliphatic carbocycles. The van der Waals surface area contributed by atoms with Gasteiger partial charge >= 0.3 is 5.69 Å². The molecule has 0 saturated carbocycles. The Bertz CT molecular complexity index is 532. The quantitative estimate of drug-likeness (QED) is 0.655. The Kier molecular flexibility index (Phi) is 8.41. The van der Waals surface area contributed by atoms with Crippen LogP contribution in [0.4, 0.5) is 10.1 Å². The van der Waals surface area contributed by atoms with Crippen molar-refractivity contribution in [1.82, 2.24) is 10.2 Å². The number of halogens is 3. The summed E-state index contributed by atoms with van der Waals surface area (Å²) in [5.41, 5.74) is 0.262. The van der Waals surface area contributed by atoms with Crippen LogP contribution in [0.5, 0.6) is 0 Å². The molecule has 0 bridgehead atoms. The first kappa shape index (κ1) is 22.1. The van der Waals surface area contributed by atoms with Crippen molar-refractivity contribution in [3.8, 4) is 0 Å². The molecule has 1 fully saturated rings. The van der Waals surface area contributed by atoms with Crippen LogP contribution in [-0.2, 0) is 0 Å². The molecular weight excluding hydrogens is 344 g/mol. The normalized spacial score (nSPS) is 16.9. The van der Waals surface area contributed by atoms with Gasteiger partial charge in [-0.2, -0.15) is 4.39 Å². The van der Waals surface area contributed by atoms with Gasteiger partial charge in [-0.1, -0.05) is 26.8 Å². The molecule has 23 heavy (non-hydrogen) atoms. The van der Waals surface area contributed by atoms with Crippen molar-refractivity contribution >= 4 is 30.5 Å². The van der Waals surface area contributed by atoms with Gasteiger partial charge in [0.25, 0.3) is 0 Å². The van der Waals surface area contributed by atoms with Crippen molar-refractivity contribution in [2.24, 2.45) is 5.41 Å². The van der Waals surface area contributed by atoms with Gasteiger partial charge in [0.2, 0.25) is 5.82 Å². The molecule has 1 aliphatic rings. The van der Waals surface area contributed by atoms with E-state index in [9.17, 15) is 14.5 Å². The summed E-state index contributed by atoms with van der Waals surface area (Å²) in [4.78, 5) is 12.6. The van der Waals surface area contributed by atoms with E-state index in [0.29, 0.717) is 0 Å². The summed E-state index contributed by atoms with van der Waals surface area (Å²) in [6.07, 6.45) is 0. The largest absolute Gasteiger partial charge is 0.314 e. The van der Waals surface area contributed by atoms with Crippen molar-refractivity contribution in [2.45, 2.75) is 26.8 Å². The predicted molar refractivity (Wildman–Crippen MR) is 94.2 cm³/mol. The Balaban J connectivity index is 0.00000242. The number of hydrogen-bond donors (Lipinski definition) is 1. The lowest BCUT2D eigenvalue weighted by Crippen LogP contribution is -2.48. The summed E-state index contributed by atoms with van der Waals surface area (Å²) in [5.74, 6) is -0.781. The number of nitrogens with zero attached hydrogens (tertiary/aromatic N) is 2. The lowest BCUT2D eigenvalue weighted by atomic mass is 9.81. The predicted octanol–water partition coefficient (Wildman–Crippen LogP) is 3.57. The molecule has 1 saturated heterocycles. The Morgan fingerprint density at radius 1 is 1.26 bits per heavy atom. The molecule has 0 radical (unpaired) electrons. The third-order valence-corrected chi connectivity index (χ3v) is 3.82. The average Bonchev–Trinajstić information content (AvgIpc) is 2.40. The number of nitrogens with one attached hydrogen (secondary N) is 1. The third kappa shape index (κ3) is 5.28. The van der Waals surface area contributed by atoms with E-state index in [1.54, 1.807) is 6.07 Å². The van der Waals surface area contributed by atoms with Gasteiger partial charge in [-0.25, -0.2) is 0 Å². The van der Waals surface area contributed by atoms with Gasteiger partial charge in [-0.15, -0.1) is 24.8 Å². The molecule has 1 heterocycles.